The molecule has 1 fully saturated rings. The van der Waals surface area contributed by atoms with Gasteiger partial charge >= 0.3 is 0 Å². The van der Waals surface area contributed by atoms with Crippen LogP contribution >= 0.6 is 11.3 Å². The monoisotopic (exact) mass is 292 g/mol. The molecule has 2 unspecified atom stereocenters. The highest BCUT2D eigenvalue weighted by molar-refractivity contribution is 7.08. The van der Waals surface area contributed by atoms with Crippen LogP contribution in [0.5, 0.6) is 0 Å². The Morgan fingerprint density at radius 1 is 1.60 bits per heavy atom. The van der Waals surface area contributed by atoms with E-state index in [1.54, 1.807) is 11.3 Å². The van der Waals surface area contributed by atoms with Gasteiger partial charge in [-0.3, -0.25) is 4.90 Å². The predicted molar refractivity (Wildman–Crippen MR) is 79.3 cm³/mol. The number of aromatic nitrogens is 2. The van der Waals surface area contributed by atoms with Crippen molar-refractivity contribution in [2.24, 2.45) is 11.7 Å². The molecule has 20 heavy (non-hydrogen) atoms. The summed E-state index contributed by atoms with van der Waals surface area (Å²) in [4.78, 5) is 6.84. The second-order valence-electron chi connectivity index (χ2n) is 5.52. The van der Waals surface area contributed by atoms with Crippen LogP contribution in [-0.4, -0.2) is 34.2 Å². The fourth-order valence-corrected chi connectivity index (χ4v) is 3.32. The number of likely N-dealkylation sites (tertiary alicyclic amines) is 1. The lowest BCUT2D eigenvalue weighted by molar-refractivity contribution is 0.139. The Balaban J connectivity index is 1.63. The zero-order valence-corrected chi connectivity index (χ0v) is 12.5. The van der Waals surface area contributed by atoms with E-state index in [0.717, 1.165) is 25.2 Å². The Morgan fingerprint density at radius 2 is 2.50 bits per heavy atom. The highest BCUT2D eigenvalue weighted by atomic mass is 32.1. The van der Waals surface area contributed by atoms with Gasteiger partial charge in [-0.25, -0.2) is 0 Å². The number of hydrogen-bond donors (Lipinski definition) is 1. The molecule has 6 heteroatoms. The summed E-state index contributed by atoms with van der Waals surface area (Å²) < 4.78 is 5.36. The molecule has 2 atom stereocenters. The van der Waals surface area contributed by atoms with Gasteiger partial charge in [-0.1, -0.05) is 5.16 Å². The van der Waals surface area contributed by atoms with Crippen molar-refractivity contribution in [2.45, 2.75) is 32.4 Å². The lowest BCUT2D eigenvalue weighted by Gasteiger charge is -2.33. The van der Waals surface area contributed by atoms with Crippen molar-refractivity contribution in [3.63, 3.8) is 0 Å². The summed E-state index contributed by atoms with van der Waals surface area (Å²) in [5.41, 5.74) is 7.04. The number of nitrogens with zero attached hydrogens (tertiary/aromatic N) is 3. The lowest BCUT2D eigenvalue weighted by atomic mass is 9.92. The average Bonchev–Trinajstić information content (AvgIpc) is 3.09. The fraction of sp³-hybridized carbons (Fsp3) is 0.571. The maximum absolute atomic E-state index is 6.01. The van der Waals surface area contributed by atoms with E-state index >= 15 is 0 Å². The largest absolute Gasteiger partial charge is 0.338 e. The second kappa shape index (κ2) is 6.03. The third-order valence-electron chi connectivity index (χ3n) is 3.89. The van der Waals surface area contributed by atoms with Crippen LogP contribution in [0.2, 0.25) is 0 Å². The summed E-state index contributed by atoms with van der Waals surface area (Å²) in [5.74, 6) is 1.95. The number of nitrogens with two attached hydrogens (primary N) is 1. The molecule has 1 aliphatic rings. The zero-order valence-electron chi connectivity index (χ0n) is 11.7. The first kappa shape index (κ1) is 13.7. The summed E-state index contributed by atoms with van der Waals surface area (Å²) in [6.07, 6.45) is 2.41. The van der Waals surface area contributed by atoms with Crippen LogP contribution in [0.25, 0.3) is 11.4 Å². The molecule has 108 valence electrons. The Labute approximate surface area is 122 Å². The quantitative estimate of drug-likeness (QED) is 0.937. The molecule has 0 bridgehead atoms. The van der Waals surface area contributed by atoms with Gasteiger partial charge in [0.2, 0.25) is 11.7 Å². The third kappa shape index (κ3) is 3.08. The average molecular weight is 292 g/mol. The van der Waals surface area contributed by atoms with Gasteiger partial charge in [0.25, 0.3) is 0 Å². The Morgan fingerprint density at radius 3 is 3.25 bits per heavy atom. The first-order valence-corrected chi connectivity index (χ1v) is 8.00. The van der Waals surface area contributed by atoms with Crippen molar-refractivity contribution in [1.29, 1.82) is 0 Å². The van der Waals surface area contributed by atoms with Crippen LogP contribution in [0.4, 0.5) is 0 Å². The summed E-state index contributed by atoms with van der Waals surface area (Å²) >= 11 is 1.64. The molecule has 2 N–H and O–H groups in total. The van der Waals surface area contributed by atoms with E-state index < -0.39 is 0 Å². The highest BCUT2D eigenvalue weighted by Gasteiger charge is 2.24. The van der Waals surface area contributed by atoms with Gasteiger partial charge < -0.3 is 10.3 Å². The maximum Gasteiger partial charge on any atom is 0.241 e. The molecular weight excluding hydrogens is 272 g/mol. The first-order chi connectivity index (χ1) is 9.72. The van der Waals surface area contributed by atoms with Crippen LogP contribution < -0.4 is 5.73 Å². The normalized spacial score (nSPS) is 22.0. The summed E-state index contributed by atoms with van der Waals surface area (Å²) in [6, 6.07) is 2.26. The molecule has 0 aromatic carbocycles. The highest BCUT2D eigenvalue weighted by Crippen LogP contribution is 2.22. The predicted octanol–water partition coefficient (Wildman–Crippen LogP) is 2.36. The van der Waals surface area contributed by atoms with Gasteiger partial charge in [-0.05, 0) is 43.7 Å². The van der Waals surface area contributed by atoms with E-state index in [1.165, 1.54) is 12.8 Å². The molecular formula is C14H20N4OS. The van der Waals surface area contributed by atoms with Gasteiger partial charge in [0.05, 0.1) is 6.54 Å². The summed E-state index contributed by atoms with van der Waals surface area (Å²) in [7, 11) is 0. The van der Waals surface area contributed by atoms with Crippen molar-refractivity contribution in [2.75, 3.05) is 13.1 Å². The van der Waals surface area contributed by atoms with E-state index in [0.29, 0.717) is 17.6 Å². The Kier molecular flexibility index (Phi) is 4.14. The molecule has 3 heterocycles. The van der Waals surface area contributed by atoms with E-state index in [1.807, 2.05) is 16.8 Å². The molecule has 1 aliphatic heterocycles. The number of hydrogen-bond acceptors (Lipinski definition) is 6. The lowest BCUT2D eigenvalue weighted by Crippen LogP contribution is -2.41. The van der Waals surface area contributed by atoms with E-state index in [2.05, 4.69) is 22.0 Å². The Bertz CT molecular complexity index is 537. The van der Waals surface area contributed by atoms with Gasteiger partial charge in [0.15, 0.2) is 0 Å². The maximum atomic E-state index is 6.01. The molecule has 0 spiro atoms. The number of rotatable bonds is 4. The van der Waals surface area contributed by atoms with Gasteiger partial charge in [0.1, 0.15) is 0 Å². The number of piperidine rings is 1. The van der Waals surface area contributed by atoms with Crippen molar-refractivity contribution >= 4 is 11.3 Å². The SMILES string of the molecule is CC(N)C1CCCN(Cc2nc(-c3ccsc3)no2)C1. The molecule has 1 saturated heterocycles. The minimum Gasteiger partial charge on any atom is -0.338 e. The fourth-order valence-electron chi connectivity index (χ4n) is 2.68. The van der Waals surface area contributed by atoms with Gasteiger partial charge in [-0.15, -0.1) is 0 Å². The zero-order chi connectivity index (χ0) is 13.9. The van der Waals surface area contributed by atoms with Crippen LogP contribution in [0.1, 0.15) is 25.7 Å². The molecule has 0 saturated carbocycles. The minimum atomic E-state index is 0.252. The molecule has 0 amide bonds. The second-order valence-corrected chi connectivity index (χ2v) is 6.30. The summed E-state index contributed by atoms with van der Waals surface area (Å²) in [6.45, 7) is 4.92. The smallest absolute Gasteiger partial charge is 0.241 e. The molecule has 0 radical (unpaired) electrons. The molecule has 0 aliphatic carbocycles. The van der Waals surface area contributed by atoms with E-state index in [9.17, 15) is 0 Å². The molecule has 3 rings (SSSR count). The van der Waals surface area contributed by atoms with Crippen molar-refractivity contribution in [1.82, 2.24) is 15.0 Å². The first-order valence-electron chi connectivity index (χ1n) is 7.05. The standard InChI is InChI=1S/C14H20N4OS/c1-10(15)11-3-2-5-18(7-11)8-13-16-14(17-19-13)12-4-6-20-9-12/h4,6,9-11H,2-3,5,7-8,15H2,1H3. The van der Waals surface area contributed by atoms with Crippen LogP contribution in [0.3, 0.4) is 0 Å². The topological polar surface area (TPSA) is 68.2 Å². The number of thiophene rings is 1. The van der Waals surface area contributed by atoms with Gasteiger partial charge in [-0.2, -0.15) is 16.3 Å². The molecule has 5 nitrogen and oxygen atoms in total. The van der Waals surface area contributed by atoms with Crippen LogP contribution in [0.15, 0.2) is 21.3 Å². The van der Waals surface area contributed by atoms with Crippen molar-refractivity contribution in [3.05, 3.63) is 22.7 Å². The van der Waals surface area contributed by atoms with Gasteiger partial charge in [0, 0.05) is 23.5 Å². The van der Waals surface area contributed by atoms with E-state index in [-0.39, 0.29) is 6.04 Å². The molecule has 2 aromatic rings. The van der Waals surface area contributed by atoms with Crippen molar-refractivity contribution < 1.29 is 4.52 Å². The Hall–Kier alpha value is -1.24. The third-order valence-corrected chi connectivity index (χ3v) is 4.58. The minimum absolute atomic E-state index is 0.252. The molecule has 2 aromatic heterocycles. The van der Waals surface area contributed by atoms with E-state index in [4.69, 9.17) is 10.3 Å². The van der Waals surface area contributed by atoms with Crippen molar-refractivity contribution in [3.8, 4) is 11.4 Å². The van der Waals surface area contributed by atoms with Crippen LogP contribution in [-0.2, 0) is 6.54 Å². The summed E-state index contributed by atoms with van der Waals surface area (Å²) in [5, 5.41) is 8.09. The van der Waals surface area contributed by atoms with Crippen LogP contribution in [0, 0.1) is 5.92 Å².